The molecule has 1 saturated heterocycles. The highest BCUT2D eigenvalue weighted by molar-refractivity contribution is 7.80. The van der Waals surface area contributed by atoms with Gasteiger partial charge in [-0.05, 0) is 99.1 Å². The standard InChI is InChI=1S/C33H35N5O3S/c1-20-12-13-21(2)28(17-20)35-29(39)14-16-37-31(30(36-33(37)42)27-11-6-7-15-34-27)26-18-22(3)38(23(26)4)25-10-8-9-24(19-25)32(40)41-5/h6-13,15,17-19,30-31H,14,16H2,1-5H3,(H,35,39)(H,36,42)/t30-,31-/m0/s1. The molecule has 0 radical (unpaired) electrons. The Balaban J connectivity index is 1.48. The molecule has 9 heteroatoms. The van der Waals surface area contributed by atoms with Crippen molar-refractivity contribution in [3.63, 3.8) is 0 Å². The SMILES string of the molecule is COC(=O)c1cccc(-n2c(C)cc([C@H]3[C@H](c4ccccn4)NC(=S)N3CCC(=O)Nc3cc(C)ccc3C)c2C)c1. The van der Waals surface area contributed by atoms with Gasteiger partial charge in [-0.1, -0.05) is 24.3 Å². The van der Waals surface area contributed by atoms with E-state index in [4.69, 9.17) is 17.0 Å². The number of benzene rings is 2. The number of nitrogens with one attached hydrogen (secondary N) is 2. The quantitative estimate of drug-likeness (QED) is 0.198. The highest BCUT2D eigenvalue weighted by Crippen LogP contribution is 2.41. The maximum absolute atomic E-state index is 13.1. The van der Waals surface area contributed by atoms with Crippen molar-refractivity contribution in [1.82, 2.24) is 19.8 Å². The molecule has 1 fully saturated rings. The van der Waals surface area contributed by atoms with Gasteiger partial charge in [0.25, 0.3) is 0 Å². The van der Waals surface area contributed by atoms with E-state index >= 15 is 0 Å². The van der Waals surface area contributed by atoms with Crippen molar-refractivity contribution in [2.75, 3.05) is 19.0 Å². The van der Waals surface area contributed by atoms with Crippen LogP contribution in [0.15, 0.2) is 72.9 Å². The summed E-state index contributed by atoms with van der Waals surface area (Å²) in [6.45, 7) is 8.53. The van der Waals surface area contributed by atoms with Crippen LogP contribution in [0.1, 0.15) is 62.6 Å². The lowest BCUT2D eigenvalue weighted by Gasteiger charge is -2.28. The van der Waals surface area contributed by atoms with Gasteiger partial charge in [0.15, 0.2) is 5.11 Å². The first-order chi connectivity index (χ1) is 20.2. The van der Waals surface area contributed by atoms with E-state index in [1.54, 1.807) is 12.3 Å². The molecule has 5 rings (SSSR count). The number of aromatic nitrogens is 2. The molecule has 4 aromatic rings. The summed E-state index contributed by atoms with van der Waals surface area (Å²) >= 11 is 5.85. The molecule has 0 saturated carbocycles. The average molecular weight is 582 g/mol. The van der Waals surface area contributed by atoms with E-state index in [0.717, 1.165) is 45.1 Å². The topological polar surface area (TPSA) is 88.5 Å². The fraction of sp³-hybridized carbons (Fsp3) is 0.273. The second-order valence-corrected chi connectivity index (χ2v) is 11.0. The zero-order valence-electron chi connectivity index (χ0n) is 24.5. The Morgan fingerprint density at radius 3 is 2.57 bits per heavy atom. The van der Waals surface area contributed by atoms with Gasteiger partial charge in [-0.25, -0.2) is 4.79 Å². The Bertz CT molecular complexity index is 1650. The number of ether oxygens (including phenoxy) is 1. The Morgan fingerprint density at radius 2 is 1.83 bits per heavy atom. The van der Waals surface area contributed by atoms with Crippen molar-refractivity contribution >= 4 is 34.9 Å². The molecular weight excluding hydrogens is 546 g/mol. The zero-order chi connectivity index (χ0) is 30.0. The monoisotopic (exact) mass is 581 g/mol. The van der Waals surface area contributed by atoms with Crippen LogP contribution in [0.3, 0.4) is 0 Å². The first-order valence-electron chi connectivity index (χ1n) is 13.9. The number of carbonyl (C=O) groups excluding carboxylic acids is 2. The molecule has 1 aliphatic heterocycles. The molecule has 2 N–H and O–H groups in total. The number of hydrogen-bond donors (Lipinski definition) is 2. The maximum Gasteiger partial charge on any atom is 0.337 e. The molecule has 8 nitrogen and oxygen atoms in total. The number of nitrogens with zero attached hydrogens (tertiary/aromatic N) is 3. The summed E-state index contributed by atoms with van der Waals surface area (Å²) in [6, 6.07) is 21.0. The molecule has 2 aromatic carbocycles. The van der Waals surface area contributed by atoms with Crippen LogP contribution in [0, 0.1) is 27.7 Å². The largest absolute Gasteiger partial charge is 0.465 e. The molecule has 2 atom stereocenters. The van der Waals surface area contributed by atoms with Gasteiger partial charge in [0.2, 0.25) is 5.91 Å². The third-order valence-electron chi connectivity index (χ3n) is 7.76. The summed E-state index contributed by atoms with van der Waals surface area (Å²) in [7, 11) is 1.38. The van der Waals surface area contributed by atoms with E-state index in [1.165, 1.54) is 7.11 Å². The number of hydrogen-bond acceptors (Lipinski definition) is 5. The molecule has 0 unspecified atom stereocenters. The van der Waals surface area contributed by atoms with E-state index in [9.17, 15) is 9.59 Å². The predicted molar refractivity (Wildman–Crippen MR) is 168 cm³/mol. The van der Waals surface area contributed by atoms with Gasteiger partial charge >= 0.3 is 5.97 Å². The number of carbonyl (C=O) groups is 2. The Labute approximate surface area is 251 Å². The van der Waals surface area contributed by atoms with E-state index in [1.807, 2.05) is 75.4 Å². The molecule has 2 aromatic heterocycles. The highest BCUT2D eigenvalue weighted by atomic mass is 32.1. The van der Waals surface area contributed by atoms with Crippen LogP contribution in [-0.4, -0.2) is 45.1 Å². The van der Waals surface area contributed by atoms with E-state index in [2.05, 4.69) is 38.1 Å². The van der Waals surface area contributed by atoms with Crippen molar-refractivity contribution in [1.29, 1.82) is 0 Å². The summed E-state index contributed by atoms with van der Waals surface area (Å²) in [6.07, 6.45) is 2.04. The summed E-state index contributed by atoms with van der Waals surface area (Å²) in [5, 5.41) is 7.12. The number of thiocarbonyl (C=S) groups is 1. The highest BCUT2D eigenvalue weighted by Gasteiger charge is 2.41. The molecule has 1 aliphatic rings. The summed E-state index contributed by atoms with van der Waals surface area (Å²) < 4.78 is 7.07. The lowest BCUT2D eigenvalue weighted by Crippen LogP contribution is -2.33. The number of anilines is 1. The van der Waals surface area contributed by atoms with Crippen LogP contribution in [0.5, 0.6) is 0 Å². The zero-order valence-corrected chi connectivity index (χ0v) is 25.3. The second kappa shape index (κ2) is 12.2. The predicted octanol–water partition coefficient (Wildman–Crippen LogP) is 5.89. The number of methoxy groups -OCH3 is 1. The van der Waals surface area contributed by atoms with Crippen LogP contribution >= 0.6 is 12.2 Å². The summed E-state index contributed by atoms with van der Waals surface area (Å²) in [5.41, 5.74) is 8.22. The molecular formula is C33H35N5O3S. The first kappa shape index (κ1) is 29.0. The van der Waals surface area contributed by atoms with Gasteiger partial charge < -0.3 is 24.8 Å². The van der Waals surface area contributed by atoms with Crippen molar-refractivity contribution in [3.05, 3.63) is 112 Å². The van der Waals surface area contributed by atoms with Crippen molar-refractivity contribution in [2.45, 2.75) is 46.2 Å². The third kappa shape index (κ3) is 5.78. The van der Waals surface area contributed by atoms with Gasteiger partial charge in [0.1, 0.15) is 0 Å². The third-order valence-corrected chi connectivity index (χ3v) is 8.11. The van der Waals surface area contributed by atoms with Gasteiger partial charge in [0.05, 0.1) is 30.5 Å². The van der Waals surface area contributed by atoms with E-state index < -0.39 is 0 Å². The number of amides is 1. The van der Waals surface area contributed by atoms with Crippen molar-refractivity contribution in [2.24, 2.45) is 0 Å². The normalized spacial score (nSPS) is 16.3. The smallest absolute Gasteiger partial charge is 0.337 e. The van der Waals surface area contributed by atoms with E-state index in [0.29, 0.717) is 17.2 Å². The number of aryl methyl sites for hydroxylation is 3. The number of rotatable bonds is 8. The molecule has 0 bridgehead atoms. The maximum atomic E-state index is 13.1. The Morgan fingerprint density at radius 1 is 1.02 bits per heavy atom. The van der Waals surface area contributed by atoms with Crippen molar-refractivity contribution in [3.8, 4) is 5.69 Å². The van der Waals surface area contributed by atoms with E-state index in [-0.39, 0.29) is 30.4 Å². The molecule has 3 heterocycles. The minimum atomic E-state index is -0.384. The lowest BCUT2D eigenvalue weighted by molar-refractivity contribution is -0.116. The number of esters is 1. The minimum Gasteiger partial charge on any atom is -0.465 e. The van der Waals surface area contributed by atoms with Gasteiger partial charge in [-0.3, -0.25) is 9.78 Å². The summed E-state index contributed by atoms with van der Waals surface area (Å²) in [4.78, 5) is 32.1. The van der Waals surface area contributed by atoms with Crippen LogP contribution in [0.25, 0.3) is 5.69 Å². The molecule has 216 valence electrons. The van der Waals surface area contributed by atoms with Crippen LogP contribution in [0.2, 0.25) is 0 Å². The van der Waals surface area contributed by atoms with Gasteiger partial charge in [-0.15, -0.1) is 0 Å². The van der Waals surface area contributed by atoms with Crippen LogP contribution in [0.4, 0.5) is 5.69 Å². The fourth-order valence-electron chi connectivity index (χ4n) is 5.66. The Hall–Kier alpha value is -4.50. The van der Waals surface area contributed by atoms with Gasteiger partial charge in [-0.2, -0.15) is 0 Å². The van der Waals surface area contributed by atoms with Crippen molar-refractivity contribution < 1.29 is 14.3 Å². The first-order valence-corrected chi connectivity index (χ1v) is 14.3. The fourth-order valence-corrected chi connectivity index (χ4v) is 6.00. The molecule has 0 aliphatic carbocycles. The molecule has 1 amide bonds. The molecule has 42 heavy (non-hydrogen) atoms. The second-order valence-electron chi connectivity index (χ2n) is 10.6. The van der Waals surface area contributed by atoms with Gasteiger partial charge in [0, 0.05) is 41.9 Å². The van der Waals surface area contributed by atoms with Crippen LogP contribution < -0.4 is 10.6 Å². The minimum absolute atomic E-state index is 0.0726. The van der Waals surface area contributed by atoms with Crippen LogP contribution in [-0.2, 0) is 9.53 Å². The lowest BCUT2D eigenvalue weighted by atomic mass is 9.96. The average Bonchev–Trinajstić information content (AvgIpc) is 3.47. The summed E-state index contributed by atoms with van der Waals surface area (Å²) in [5.74, 6) is -0.456. The molecule has 0 spiro atoms. The Kier molecular flexibility index (Phi) is 8.40. The number of pyridine rings is 1.